The van der Waals surface area contributed by atoms with Crippen molar-refractivity contribution in [1.29, 1.82) is 0 Å². The van der Waals surface area contributed by atoms with Crippen LogP contribution in [0.1, 0.15) is 23.0 Å². The van der Waals surface area contributed by atoms with Crippen LogP contribution < -0.4 is 10.7 Å². The predicted molar refractivity (Wildman–Crippen MR) is 119 cm³/mol. The fourth-order valence-corrected chi connectivity index (χ4v) is 3.48. The van der Waals surface area contributed by atoms with Gasteiger partial charge in [-0.3, -0.25) is 14.3 Å². The smallest absolute Gasteiger partial charge is 0.434 e. The van der Waals surface area contributed by atoms with Gasteiger partial charge in [0.05, 0.1) is 30.2 Å². The zero-order chi connectivity index (χ0) is 25.2. The molecule has 0 saturated heterocycles. The van der Waals surface area contributed by atoms with Gasteiger partial charge in [-0.15, -0.1) is 0 Å². The van der Waals surface area contributed by atoms with E-state index in [9.17, 15) is 27.6 Å². The maximum absolute atomic E-state index is 13.7. The molecule has 0 aliphatic heterocycles. The van der Waals surface area contributed by atoms with Crippen LogP contribution in [0, 0.1) is 0 Å². The largest absolute Gasteiger partial charge is 0.462 e. The van der Waals surface area contributed by atoms with Crippen molar-refractivity contribution in [2.75, 3.05) is 11.9 Å². The third-order valence-electron chi connectivity index (χ3n) is 4.98. The summed E-state index contributed by atoms with van der Waals surface area (Å²) in [6, 6.07) is 12.2. The number of carbonyl (C=O) groups excluding carboxylic acids is 2. The van der Waals surface area contributed by atoms with E-state index in [2.05, 4.69) is 15.5 Å². The SMILES string of the molecule is CCOC(=O)c1cnn(-c2ccc(NC(=O)Cn3ncc(=O)c4ccccc43)cc2)c1C(F)(F)F. The van der Waals surface area contributed by atoms with E-state index < -0.39 is 29.3 Å². The second kappa shape index (κ2) is 9.41. The lowest BCUT2D eigenvalue weighted by Gasteiger charge is -2.13. The van der Waals surface area contributed by atoms with Crippen molar-refractivity contribution in [2.45, 2.75) is 19.6 Å². The van der Waals surface area contributed by atoms with Gasteiger partial charge in [-0.1, -0.05) is 12.1 Å². The Bertz CT molecular complexity index is 1460. The second-order valence-electron chi connectivity index (χ2n) is 7.32. The second-order valence-corrected chi connectivity index (χ2v) is 7.32. The van der Waals surface area contributed by atoms with E-state index in [1.807, 2.05) is 0 Å². The number of esters is 1. The van der Waals surface area contributed by atoms with Crippen molar-refractivity contribution < 1.29 is 27.5 Å². The zero-order valence-corrected chi connectivity index (χ0v) is 18.2. The van der Waals surface area contributed by atoms with Crippen LogP contribution in [0.2, 0.25) is 0 Å². The fraction of sp³-hybridized carbons (Fsp3) is 0.174. The molecule has 1 amide bonds. The summed E-state index contributed by atoms with van der Waals surface area (Å²) in [5.41, 5.74) is -1.40. The van der Waals surface area contributed by atoms with Gasteiger partial charge in [-0.25, -0.2) is 9.48 Å². The van der Waals surface area contributed by atoms with Crippen molar-refractivity contribution in [3.05, 3.63) is 82.4 Å². The highest BCUT2D eigenvalue weighted by molar-refractivity contribution is 5.92. The Hall–Kier alpha value is -4.48. The number of hydrogen-bond donors (Lipinski definition) is 1. The third-order valence-corrected chi connectivity index (χ3v) is 4.98. The van der Waals surface area contributed by atoms with Gasteiger partial charge in [0.2, 0.25) is 11.3 Å². The van der Waals surface area contributed by atoms with Gasteiger partial charge in [0, 0.05) is 11.1 Å². The summed E-state index contributed by atoms with van der Waals surface area (Å²) >= 11 is 0. The topological polar surface area (TPSA) is 108 Å². The number of para-hydroxylation sites is 1. The number of fused-ring (bicyclic) bond motifs is 1. The number of anilines is 1. The standard InChI is InChI=1S/C23H18F3N5O4/c1-2-35-22(34)17-11-28-31(21(17)23(24,25)26)15-9-7-14(8-10-15)29-20(33)13-30-18-6-4-3-5-16(18)19(32)12-27-30/h3-12H,2,13H2,1H3,(H,29,33). The predicted octanol–water partition coefficient (Wildman–Crippen LogP) is 3.42. The minimum absolute atomic E-state index is 0.0268. The van der Waals surface area contributed by atoms with Crippen LogP contribution in [0.3, 0.4) is 0 Å². The Morgan fingerprint density at radius 3 is 2.43 bits per heavy atom. The number of rotatable bonds is 6. The number of ether oxygens (including phenoxy) is 1. The summed E-state index contributed by atoms with van der Waals surface area (Å²) in [5.74, 6) is -1.59. The molecule has 0 aliphatic carbocycles. The number of benzene rings is 2. The van der Waals surface area contributed by atoms with Crippen LogP contribution in [0.15, 0.2) is 65.7 Å². The first-order chi connectivity index (χ1) is 16.7. The van der Waals surface area contributed by atoms with Gasteiger partial charge >= 0.3 is 12.1 Å². The maximum Gasteiger partial charge on any atom is 0.434 e. The Labute approximate surface area is 195 Å². The first kappa shape index (κ1) is 23.7. The molecule has 0 atom stereocenters. The van der Waals surface area contributed by atoms with Gasteiger partial charge in [0.15, 0.2) is 5.69 Å². The summed E-state index contributed by atoms with van der Waals surface area (Å²) in [6.07, 6.45) is -2.94. The van der Waals surface area contributed by atoms with Crippen LogP contribution in [0.25, 0.3) is 16.6 Å². The maximum atomic E-state index is 13.7. The lowest BCUT2D eigenvalue weighted by Crippen LogP contribution is -2.22. The average Bonchev–Trinajstić information content (AvgIpc) is 3.28. The summed E-state index contributed by atoms with van der Waals surface area (Å²) in [7, 11) is 0. The quantitative estimate of drug-likeness (QED) is 0.420. The molecule has 2 heterocycles. The molecule has 0 fully saturated rings. The number of carbonyl (C=O) groups is 2. The van der Waals surface area contributed by atoms with Crippen molar-refractivity contribution in [3.8, 4) is 5.69 Å². The van der Waals surface area contributed by atoms with E-state index in [1.54, 1.807) is 24.3 Å². The average molecular weight is 485 g/mol. The Morgan fingerprint density at radius 1 is 1.03 bits per heavy atom. The van der Waals surface area contributed by atoms with Crippen LogP contribution in [-0.4, -0.2) is 38.0 Å². The molecule has 2 aromatic heterocycles. The molecule has 0 bridgehead atoms. The molecule has 1 N–H and O–H groups in total. The first-order valence-electron chi connectivity index (χ1n) is 10.4. The molecule has 4 aromatic rings. The summed E-state index contributed by atoms with van der Waals surface area (Å²) in [4.78, 5) is 36.4. The minimum Gasteiger partial charge on any atom is -0.462 e. The molecule has 180 valence electrons. The van der Waals surface area contributed by atoms with Gasteiger partial charge in [0.25, 0.3) is 0 Å². The van der Waals surface area contributed by atoms with Gasteiger partial charge in [0.1, 0.15) is 12.1 Å². The number of nitrogens with one attached hydrogen (secondary N) is 1. The number of nitrogens with zero attached hydrogens (tertiary/aromatic N) is 4. The number of alkyl halides is 3. The molecule has 4 rings (SSSR count). The van der Waals surface area contributed by atoms with Gasteiger partial charge in [-0.05, 0) is 43.3 Å². The number of hydrogen-bond acceptors (Lipinski definition) is 6. The minimum atomic E-state index is -4.86. The molecule has 0 aliphatic rings. The van der Waals surface area contributed by atoms with Crippen molar-refractivity contribution in [3.63, 3.8) is 0 Å². The summed E-state index contributed by atoms with van der Waals surface area (Å²) in [5, 5.41) is 10.7. The van der Waals surface area contributed by atoms with E-state index in [1.165, 1.54) is 35.9 Å². The molecule has 9 nitrogen and oxygen atoms in total. The van der Waals surface area contributed by atoms with Crippen LogP contribution in [-0.2, 0) is 22.3 Å². The Morgan fingerprint density at radius 2 is 1.74 bits per heavy atom. The molecule has 2 aromatic carbocycles. The molecule has 0 saturated carbocycles. The lowest BCUT2D eigenvalue weighted by molar-refractivity contribution is -0.143. The Balaban J connectivity index is 1.55. The molecule has 12 heteroatoms. The molecule has 0 unspecified atom stereocenters. The number of amides is 1. The van der Waals surface area contributed by atoms with Crippen molar-refractivity contribution in [2.24, 2.45) is 0 Å². The van der Waals surface area contributed by atoms with Crippen molar-refractivity contribution in [1.82, 2.24) is 19.6 Å². The highest BCUT2D eigenvalue weighted by Crippen LogP contribution is 2.34. The molecular formula is C23H18F3N5O4. The van der Waals surface area contributed by atoms with Crippen LogP contribution >= 0.6 is 0 Å². The first-order valence-corrected chi connectivity index (χ1v) is 10.4. The lowest BCUT2D eigenvalue weighted by atomic mass is 10.2. The van der Waals surface area contributed by atoms with Gasteiger partial charge < -0.3 is 10.1 Å². The highest BCUT2D eigenvalue weighted by Gasteiger charge is 2.41. The monoisotopic (exact) mass is 485 g/mol. The van der Waals surface area contributed by atoms with E-state index in [0.29, 0.717) is 21.3 Å². The van der Waals surface area contributed by atoms with Crippen LogP contribution in [0.5, 0.6) is 0 Å². The van der Waals surface area contributed by atoms with Gasteiger partial charge in [-0.2, -0.15) is 23.4 Å². The summed E-state index contributed by atoms with van der Waals surface area (Å²) in [6.45, 7) is 1.21. The van der Waals surface area contributed by atoms with Crippen LogP contribution in [0.4, 0.5) is 18.9 Å². The molecule has 0 radical (unpaired) electrons. The fourth-order valence-electron chi connectivity index (χ4n) is 3.48. The molecule has 35 heavy (non-hydrogen) atoms. The number of halogens is 3. The van der Waals surface area contributed by atoms with E-state index >= 15 is 0 Å². The highest BCUT2D eigenvalue weighted by atomic mass is 19.4. The normalized spacial score (nSPS) is 11.4. The molecular weight excluding hydrogens is 467 g/mol. The van der Waals surface area contributed by atoms with Crippen molar-refractivity contribution >= 4 is 28.5 Å². The number of aromatic nitrogens is 4. The van der Waals surface area contributed by atoms with E-state index in [4.69, 9.17) is 4.74 Å². The van der Waals surface area contributed by atoms with E-state index in [0.717, 1.165) is 12.4 Å². The molecule has 0 spiro atoms. The Kier molecular flexibility index (Phi) is 6.36. The van der Waals surface area contributed by atoms with E-state index in [-0.39, 0.29) is 24.3 Å². The summed E-state index contributed by atoms with van der Waals surface area (Å²) < 4.78 is 47.7. The third kappa shape index (κ3) is 4.90. The zero-order valence-electron chi connectivity index (χ0n) is 18.2.